The van der Waals surface area contributed by atoms with Gasteiger partial charge in [0, 0.05) is 12.5 Å². The number of aliphatic hydroxyl groups excluding tert-OH is 1. The number of aromatic nitrogens is 4. The zero-order valence-corrected chi connectivity index (χ0v) is 17.0. The van der Waals surface area contributed by atoms with E-state index in [0.717, 1.165) is 57.9 Å². The highest BCUT2D eigenvalue weighted by Gasteiger charge is 2.23. The molecule has 0 amide bonds. The number of aromatic amines is 1. The summed E-state index contributed by atoms with van der Waals surface area (Å²) in [5.74, 6) is 1.43. The van der Waals surface area contributed by atoms with E-state index in [1.165, 1.54) is 0 Å². The van der Waals surface area contributed by atoms with Gasteiger partial charge in [-0.25, -0.2) is 9.97 Å². The van der Waals surface area contributed by atoms with Crippen molar-refractivity contribution in [2.75, 3.05) is 12.4 Å². The van der Waals surface area contributed by atoms with Gasteiger partial charge in [-0.2, -0.15) is 4.98 Å². The Morgan fingerprint density at radius 2 is 2.07 bits per heavy atom. The average Bonchev–Trinajstić information content (AvgIpc) is 3.31. The number of hydrogen-bond acceptors (Lipinski definition) is 7. The summed E-state index contributed by atoms with van der Waals surface area (Å²) in [6, 6.07) is 10.2. The molecule has 3 N–H and O–H groups in total. The fourth-order valence-electron chi connectivity index (χ4n) is 3.89. The Bertz CT molecular complexity index is 1150. The van der Waals surface area contributed by atoms with Gasteiger partial charge in [-0.15, -0.1) is 0 Å². The highest BCUT2D eigenvalue weighted by atomic mass is 32.1. The largest absolute Gasteiger partial charge is 0.481 e. The van der Waals surface area contributed by atoms with Crippen LogP contribution in [0.15, 0.2) is 30.3 Å². The molecule has 8 heteroatoms. The molecule has 1 aromatic carbocycles. The Labute approximate surface area is 172 Å². The average molecular weight is 410 g/mol. The van der Waals surface area contributed by atoms with Crippen molar-refractivity contribution in [3.63, 3.8) is 0 Å². The van der Waals surface area contributed by atoms with Gasteiger partial charge in [0.05, 0.1) is 35.0 Å². The first-order valence-corrected chi connectivity index (χ1v) is 10.7. The molecule has 4 aromatic rings. The maximum atomic E-state index is 10.2. The number of nitrogens with one attached hydrogen (secondary N) is 2. The summed E-state index contributed by atoms with van der Waals surface area (Å²) in [4.78, 5) is 17.0. The quantitative estimate of drug-likeness (QED) is 0.463. The van der Waals surface area contributed by atoms with Crippen LogP contribution in [-0.2, 0) is 6.42 Å². The van der Waals surface area contributed by atoms with E-state index in [1.807, 2.05) is 18.2 Å². The fourth-order valence-corrected chi connectivity index (χ4v) is 4.89. The number of ether oxygens (including phenoxy) is 1. The molecule has 2 unspecified atom stereocenters. The summed E-state index contributed by atoms with van der Waals surface area (Å²) in [6.45, 7) is 0. The molecule has 29 heavy (non-hydrogen) atoms. The van der Waals surface area contributed by atoms with Crippen molar-refractivity contribution in [3.8, 4) is 5.88 Å². The summed E-state index contributed by atoms with van der Waals surface area (Å²) in [5.41, 5.74) is 3.70. The van der Waals surface area contributed by atoms with Gasteiger partial charge < -0.3 is 20.1 Å². The van der Waals surface area contributed by atoms with Crippen LogP contribution in [0.1, 0.15) is 37.1 Å². The third-order valence-corrected chi connectivity index (χ3v) is 6.39. The van der Waals surface area contributed by atoms with E-state index in [0.29, 0.717) is 17.9 Å². The Kier molecular flexibility index (Phi) is 4.81. The van der Waals surface area contributed by atoms with E-state index < -0.39 is 0 Å². The number of anilines is 1. The zero-order valence-electron chi connectivity index (χ0n) is 16.2. The van der Waals surface area contributed by atoms with Crippen molar-refractivity contribution >= 4 is 37.8 Å². The highest BCUT2D eigenvalue weighted by molar-refractivity contribution is 7.22. The summed E-state index contributed by atoms with van der Waals surface area (Å²) in [7, 11) is 1.60. The number of benzene rings is 1. The minimum absolute atomic E-state index is 0.101. The molecule has 1 fully saturated rings. The second kappa shape index (κ2) is 7.61. The predicted octanol–water partition coefficient (Wildman–Crippen LogP) is 3.88. The molecular formula is C21H23N5O2S. The summed E-state index contributed by atoms with van der Waals surface area (Å²) in [6.07, 6.45) is 4.52. The van der Waals surface area contributed by atoms with E-state index in [4.69, 9.17) is 9.72 Å². The van der Waals surface area contributed by atoms with Crippen LogP contribution in [0.25, 0.3) is 21.4 Å². The van der Waals surface area contributed by atoms with Gasteiger partial charge in [-0.05, 0) is 36.6 Å². The van der Waals surface area contributed by atoms with Gasteiger partial charge in [0.25, 0.3) is 0 Å². The number of fused-ring (bicyclic) bond motifs is 2. The van der Waals surface area contributed by atoms with Crippen molar-refractivity contribution in [1.82, 2.24) is 19.9 Å². The van der Waals surface area contributed by atoms with Crippen LogP contribution >= 0.6 is 11.3 Å². The lowest BCUT2D eigenvalue weighted by Crippen LogP contribution is -2.36. The van der Waals surface area contributed by atoms with E-state index in [9.17, 15) is 5.11 Å². The first kappa shape index (κ1) is 18.3. The van der Waals surface area contributed by atoms with Crippen molar-refractivity contribution in [2.45, 2.75) is 44.2 Å². The maximum absolute atomic E-state index is 10.2. The summed E-state index contributed by atoms with van der Waals surface area (Å²) in [5, 5.41) is 14.5. The van der Waals surface area contributed by atoms with Crippen molar-refractivity contribution < 1.29 is 9.84 Å². The number of rotatable bonds is 5. The minimum atomic E-state index is -0.286. The monoisotopic (exact) mass is 409 g/mol. The third kappa shape index (κ3) is 3.77. The van der Waals surface area contributed by atoms with Crippen LogP contribution in [0.4, 0.5) is 5.13 Å². The zero-order chi connectivity index (χ0) is 19.8. The molecule has 0 spiro atoms. The molecule has 0 bridgehead atoms. The van der Waals surface area contributed by atoms with Crippen LogP contribution in [-0.4, -0.2) is 44.3 Å². The Hall–Kier alpha value is -2.71. The molecule has 3 heterocycles. The van der Waals surface area contributed by atoms with Crippen molar-refractivity contribution in [2.24, 2.45) is 0 Å². The Morgan fingerprint density at radius 3 is 2.93 bits per heavy atom. The van der Waals surface area contributed by atoms with Gasteiger partial charge in [0.1, 0.15) is 5.82 Å². The Morgan fingerprint density at radius 1 is 1.17 bits per heavy atom. The van der Waals surface area contributed by atoms with Crippen LogP contribution in [0, 0.1) is 0 Å². The standard InChI is InChI=1S/C21H23N5O2S/c1-28-19-9-8-15-20(26-19)25-18(22-15)11-12-6-7-14-17(10-12)29-21(24-14)23-13-4-2-3-5-16(13)27/h6-10,13,16,27H,2-5,11H2,1H3,(H,23,24)(H,22,25,26). The molecule has 1 aliphatic carbocycles. The summed E-state index contributed by atoms with van der Waals surface area (Å²) < 4.78 is 6.30. The molecule has 1 aliphatic rings. The number of thiazole rings is 1. The number of hydrogen-bond donors (Lipinski definition) is 3. The molecule has 2 atom stereocenters. The van der Waals surface area contributed by atoms with Crippen molar-refractivity contribution in [3.05, 3.63) is 41.7 Å². The number of pyridine rings is 1. The number of methoxy groups -OCH3 is 1. The van der Waals surface area contributed by atoms with Crippen LogP contribution in [0.3, 0.4) is 0 Å². The van der Waals surface area contributed by atoms with Gasteiger partial charge in [0.15, 0.2) is 10.8 Å². The molecule has 1 saturated carbocycles. The van der Waals surface area contributed by atoms with Crippen LogP contribution in [0.5, 0.6) is 5.88 Å². The topological polar surface area (TPSA) is 96.0 Å². The predicted molar refractivity (Wildman–Crippen MR) is 115 cm³/mol. The van der Waals surface area contributed by atoms with E-state index in [2.05, 4.69) is 32.4 Å². The molecule has 0 aliphatic heterocycles. The van der Waals surface area contributed by atoms with Gasteiger partial charge in [-0.1, -0.05) is 30.2 Å². The lowest BCUT2D eigenvalue weighted by molar-refractivity contribution is 0.116. The first-order chi connectivity index (χ1) is 14.2. The molecule has 7 nitrogen and oxygen atoms in total. The number of aliphatic hydroxyl groups is 1. The van der Waals surface area contributed by atoms with Crippen LogP contribution in [0.2, 0.25) is 0 Å². The normalized spacial score (nSPS) is 19.7. The SMILES string of the molecule is COc1ccc2[nH]c(Cc3ccc4nc(NC5CCCCC5O)sc4c3)nc2n1. The molecule has 0 saturated heterocycles. The fraction of sp³-hybridized carbons (Fsp3) is 0.381. The van der Waals surface area contributed by atoms with Gasteiger partial charge >= 0.3 is 0 Å². The molecular weight excluding hydrogens is 386 g/mol. The second-order valence-corrected chi connectivity index (χ2v) is 8.54. The van der Waals surface area contributed by atoms with E-state index in [-0.39, 0.29) is 12.1 Å². The molecule has 0 radical (unpaired) electrons. The highest BCUT2D eigenvalue weighted by Crippen LogP contribution is 2.30. The van der Waals surface area contributed by atoms with Crippen LogP contribution < -0.4 is 10.1 Å². The summed E-state index contributed by atoms with van der Waals surface area (Å²) >= 11 is 1.63. The smallest absolute Gasteiger partial charge is 0.215 e. The van der Waals surface area contributed by atoms with E-state index in [1.54, 1.807) is 18.4 Å². The van der Waals surface area contributed by atoms with Gasteiger partial charge in [0.2, 0.25) is 5.88 Å². The second-order valence-electron chi connectivity index (χ2n) is 7.51. The lowest BCUT2D eigenvalue weighted by atomic mass is 9.93. The lowest BCUT2D eigenvalue weighted by Gasteiger charge is -2.27. The number of nitrogens with zero attached hydrogens (tertiary/aromatic N) is 3. The van der Waals surface area contributed by atoms with Crippen molar-refractivity contribution in [1.29, 1.82) is 0 Å². The first-order valence-electron chi connectivity index (χ1n) is 9.91. The Balaban J connectivity index is 1.35. The van der Waals surface area contributed by atoms with Gasteiger partial charge in [-0.3, -0.25) is 0 Å². The molecule has 3 aromatic heterocycles. The number of imidazole rings is 1. The number of H-pyrrole nitrogens is 1. The molecule has 150 valence electrons. The minimum Gasteiger partial charge on any atom is -0.481 e. The molecule has 5 rings (SSSR count). The maximum Gasteiger partial charge on any atom is 0.215 e. The third-order valence-electron chi connectivity index (χ3n) is 5.44. The van der Waals surface area contributed by atoms with E-state index >= 15 is 0 Å².